The molecule has 0 saturated heterocycles. The minimum atomic E-state index is -3.43. The Balaban J connectivity index is 3.01. The van der Waals surface area contributed by atoms with Crippen molar-refractivity contribution < 1.29 is 23.1 Å². The van der Waals surface area contributed by atoms with Crippen LogP contribution in [0, 0.1) is 0 Å². The number of aliphatic carboxylic acids is 1. The summed E-state index contributed by atoms with van der Waals surface area (Å²) in [5.41, 5.74) is 0.365. The molecule has 0 heterocycles. The molecule has 1 N–H and O–H groups in total. The number of carbonyl (C=O) groups is 2. The highest BCUT2D eigenvalue weighted by atomic mass is 32.2. The molecule has 0 aliphatic rings. The van der Waals surface area contributed by atoms with Crippen LogP contribution in [-0.2, 0) is 25.8 Å². The lowest BCUT2D eigenvalue weighted by molar-refractivity contribution is -0.148. The minimum Gasteiger partial charge on any atom is -0.480 e. The fourth-order valence-corrected chi connectivity index (χ4v) is 2.62. The van der Waals surface area contributed by atoms with E-state index in [-0.39, 0.29) is 11.3 Å². The number of carboxylic acids is 1. The van der Waals surface area contributed by atoms with Gasteiger partial charge in [-0.3, -0.25) is 4.79 Å². The smallest absolute Gasteiger partial charge is 0.326 e. The molecule has 0 radical (unpaired) electrons. The molecule has 1 rings (SSSR count). The van der Waals surface area contributed by atoms with Gasteiger partial charge in [0.1, 0.15) is 6.04 Å². The molecule has 20 heavy (non-hydrogen) atoms. The molecule has 0 aliphatic carbocycles. The van der Waals surface area contributed by atoms with Gasteiger partial charge in [-0.1, -0.05) is 18.2 Å². The predicted molar refractivity (Wildman–Crippen MR) is 73.1 cm³/mol. The van der Waals surface area contributed by atoms with Crippen molar-refractivity contribution in [3.05, 3.63) is 29.8 Å². The van der Waals surface area contributed by atoms with Crippen LogP contribution in [0.4, 0.5) is 0 Å². The van der Waals surface area contributed by atoms with Crippen LogP contribution in [0.5, 0.6) is 0 Å². The Labute approximate surface area is 117 Å². The molecule has 110 valence electrons. The van der Waals surface area contributed by atoms with Gasteiger partial charge in [-0.15, -0.1) is 0 Å². The summed E-state index contributed by atoms with van der Waals surface area (Å²) in [6, 6.07) is 5.23. The summed E-state index contributed by atoms with van der Waals surface area (Å²) in [6.45, 7) is 1.39. The van der Waals surface area contributed by atoms with E-state index in [1.807, 2.05) is 0 Å². The van der Waals surface area contributed by atoms with E-state index in [9.17, 15) is 18.0 Å². The van der Waals surface area contributed by atoms with Crippen LogP contribution in [0.25, 0.3) is 0 Å². The first-order chi connectivity index (χ1) is 9.14. The van der Waals surface area contributed by atoms with Crippen LogP contribution in [0.3, 0.4) is 0 Å². The SMILES string of the molecule is CC(C(=O)O)N(C)C(=O)Cc1ccccc1S(C)(=O)=O. The zero-order valence-corrected chi connectivity index (χ0v) is 12.3. The van der Waals surface area contributed by atoms with Gasteiger partial charge in [0.2, 0.25) is 5.91 Å². The predicted octanol–water partition coefficient (Wildman–Crippen LogP) is 0.564. The normalized spacial score (nSPS) is 12.8. The minimum absolute atomic E-state index is 0.0877. The number of nitrogens with zero attached hydrogens (tertiary/aromatic N) is 1. The van der Waals surface area contributed by atoms with E-state index in [0.29, 0.717) is 5.56 Å². The van der Waals surface area contributed by atoms with Gasteiger partial charge in [0.15, 0.2) is 9.84 Å². The molecule has 0 saturated carbocycles. The number of hydrogen-bond acceptors (Lipinski definition) is 4. The van der Waals surface area contributed by atoms with E-state index in [0.717, 1.165) is 11.2 Å². The van der Waals surface area contributed by atoms with E-state index in [4.69, 9.17) is 5.11 Å². The van der Waals surface area contributed by atoms with Gasteiger partial charge < -0.3 is 10.0 Å². The molecule has 1 aromatic rings. The van der Waals surface area contributed by atoms with E-state index in [1.165, 1.54) is 20.0 Å². The lowest BCUT2D eigenvalue weighted by atomic mass is 10.1. The molecule has 1 unspecified atom stereocenters. The standard InChI is InChI=1S/C13H17NO5S/c1-9(13(16)17)14(2)12(15)8-10-6-4-5-7-11(10)20(3,18)19/h4-7,9H,8H2,1-3H3,(H,16,17). The van der Waals surface area contributed by atoms with Crippen molar-refractivity contribution in [2.24, 2.45) is 0 Å². The number of sulfone groups is 1. The maximum Gasteiger partial charge on any atom is 0.326 e. The Morgan fingerprint density at radius 3 is 2.35 bits per heavy atom. The van der Waals surface area contributed by atoms with E-state index >= 15 is 0 Å². The second kappa shape index (κ2) is 6.04. The zero-order valence-electron chi connectivity index (χ0n) is 11.5. The highest BCUT2D eigenvalue weighted by Gasteiger charge is 2.23. The summed E-state index contributed by atoms with van der Waals surface area (Å²) in [5, 5.41) is 8.86. The highest BCUT2D eigenvalue weighted by Crippen LogP contribution is 2.16. The van der Waals surface area contributed by atoms with E-state index < -0.39 is 27.8 Å². The molecule has 1 atom stereocenters. The first kappa shape index (κ1) is 16.2. The van der Waals surface area contributed by atoms with Crippen LogP contribution in [0.15, 0.2) is 29.2 Å². The molecule has 1 amide bonds. The summed E-state index contributed by atoms with van der Waals surface area (Å²) in [7, 11) is -2.05. The van der Waals surface area contributed by atoms with Gasteiger partial charge in [0, 0.05) is 13.3 Å². The van der Waals surface area contributed by atoms with Crippen molar-refractivity contribution in [3.63, 3.8) is 0 Å². The van der Waals surface area contributed by atoms with Gasteiger partial charge in [-0.05, 0) is 18.6 Å². The van der Waals surface area contributed by atoms with Crippen LogP contribution in [0.2, 0.25) is 0 Å². The lowest BCUT2D eigenvalue weighted by Crippen LogP contribution is -2.41. The van der Waals surface area contributed by atoms with Gasteiger partial charge in [-0.25, -0.2) is 13.2 Å². The molecular weight excluding hydrogens is 282 g/mol. The van der Waals surface area contributed by atoms with Gasteiger partial charge >= 0.3 is 5.97 Å². The maximum absolute atomic E-state index is 12.0. The van der Waals surface area contributed by atoms with E-state index in [2.05, 4.69) is 0 Å². The topological polar surface area (TPSA) is 91.8 Å². The second-order valence-corrected chi connectivity index (χ2v) is 6.56. The number of likely N-dealkylation sites (N-methyl/N-ethyl adjacent to an activating group) is 1. The molecule has 0 aromatic heterocycles. The summed E-state index contributed by atoms with van der Waals surface area (Å²) in [5.74, 6) is -1.56. The van der Waals surface area contributed by atoms with Crippen molar-refractivity contribution in [2.75, 3.05) is 13.3 Å². The number of rotatable bonds is 5. The van der Waals surface area contributed by atoms with Crippen LogP contribution in [0.1, 0.15) is 12.5 Å². The van der Waals surface area contributed by atoms with Crippen molar-refractivity contribution in [1.82, 2.24) is 4.90 Å². The van der Waals surface area contributed by atoms with Crippen molar-refractivity contribution in [1.29, 1.82) is 0 Å². The Kier molecular flexibility index (Phi) is 4.88. The number of hydrogen-bond donors (Lipinski definition) is 1. The Hall–Kier alpha value is -1.89. The van der Waals surface area contributed by atoms with Crippen molar-refractivity contribution >= 4 is 21.7 Å². The van der Waals surface area contributed by atoms with Crippen molar-refractivity contribution in [3.8, 4) is 0 Å². The van der Waals surface area contributed by atoms with Gasteiger partial charge in [0.05, 0.1) is 11.3 Å². The highest BCUT2D eigenvalue weighted by molar-refractivity contribution is 7.90. The van der Waals surface area contributed by atoms with Crippen LogP contribution in [-0.4, -0.2) is 49.6 Å². The van der Waals surface area contributed by atoms with Gasteiger partial charge in [-0.2, -0.15) is 0 Å². The average Bonchev–Trinajstić information content (AvgIpc) is 2.36. The summed E-state index contributed by atoms with van der Waals surface area (Å²) in [4.78, 5) is 24.0. The first-order valence-corrected chi connectivity index (χ1v) is 7.80. The largest absolute Gasteiger partial charge is 0.480 e. The third-order valence-electron chi connectivity index (χ3n) is 3.05. The second-order valence-electron chi connectivity index (χ2n) is 4.58. The fourth-order valence-electron chi connectivity index (χ4n) is 1.68. The van der Waals surface area contributed by atoms with Gasteiger partial charge in [0.25, 0.3) is 0 Å². The maximum atomic E-state index is 12.0. The fraction of sp³-hybridized carbons (Fsp3) is 0.385. The molecule has 0 aliphatic heterocycles. The average molecular weight is 299 g/mol. The number of amides is 1. The van der Waals surface area contributed by atoms with Crippen molar-refractivity contribution in [2.45, 2.75) is 24.3 Å². The summed E-state index contributed by atoms with van der Waals surface area (Å²) in [6.07, 6.45) is 0.914. The number of carbonyl (C=O) groups excluding carboxylic acids is 1. The number of carboxylic acid groups (broad SMARTS) is 1. The third-order valence-corrected chi connectivity index (χ3v) is 4.24. The Morgan fingerprint density at radius 1 is 1.30 bits per heavy atom. The molecule has 0 bridgehead atoms. The summed E-state index contributed by atoms with van der Waals surface area (Å²) >= 11 is 0. The number of benzene rings is 1. The molecule has 1 aromatic carbocycles. The molecule has 7 heteroatoms. The van der Waals surface area contributed by atoms with Crippen LogP contribution >= 0.6 is 0 Å². The van der Waals surface area contributed by atoms with E-state index in [1.54, 1.807) is 18.2 Å². The monoisotopic (exact) mass is 299 g/mol. The Bertz CT molecular complexity index is 623. The molecule has 0 fully saturated rings. The quantitative estimate of drug-likeness (QED) is 0.858. The Morgan fingerprint density at radius 2 is 1.85 bits per heavy atom. The van der Waals surface area contributed by atoms with Crippen LogP contribution < -0.4 is 0 Å². The molecule has 0 spiro atoms. The third kappa shape index (κ3) is 3.80. The molecule has 6 nitrogen and oxygen atoms in total. The molecular formula is C13H17NO5S. The zero-order chi connectivity index (χ0) is 15.5. The first-order valence-electron chi connectivity index (χ1n) is 5.91. The lowest BCUT2D eigenvalue weighted by Gasteiger charge is -2.21. The summed E-state index contributed by atoms with van der Waals surface area (Å²) < 4.78 is 23.3.